The smallest absolute Gasteiger partial charge is 0.224 e. The van der Waals surface area contributed by atoms with Crippen molar-refractivity contribution in [3.05, 3.63) is 96.3 Å². The molecule has 0 aliphatic carbocycles. The summed E-state index contributed by atoms with van der Waals surface area (Å²) < 4.78 is 1.84. The van der Waals surface area contributed by atoms with Crippen molar-refractivity contribution in [1.82, 2.24) is 15.0 Å². The molecule has 0 aliphatic rings. The number of hydrogen-bond donors (Lipinski definition) is 2. The van der Waals surface area contributed by atoms with Gasteiger partial charge in [-0.05, 0) is 41.7 Å². The minimum atomic E-state index is -0.0967. The van der Waals surface area contributed by atoms with E-state index in [1.165, 1.54) is 5.56 Å². The summed E-state index contributed by atoms with van der Waals surface area (Å²) in [6.45, 7) is 0.802. The van der Waals surface area contributed by atoms with Crippen LogP contribution in [0.15, 0.2) is 85.1 Å². The molecule has 32 heavy (non-hydrogen) atoms. The lowest BCUT2D eigenvalue weighted by Crippen LogP contribution is -2.13. The molecule has 0 aliphatic heterocycles. The van der Waals surface area contributed by atoms with E-state index in [1.54, 1.807) is 0 Å². The van der Waals surface area contributed by atoms with Crippen molar-refractivity contribution in [2.75, 3.05) is 11.1 Å². The molecule has 3 aromatic carbocycles. The number of carbonyl (C=O) groups is 1. The van der Waals surface area contributed by atoms with E-state index in [4.69, 9.17) is 5.73 Å². The molecule has 4 aromatic rings. The molecule has 0 unspecified atom stereocenters. The molecule has 6 nitrogen and oxygen atoms in total. The number of anilines is 2. The van der Waals surface area contributed by atoms with Gasteiger partial charge in [0.15, 0.2) is 0 Å². The predicted molar refractivity (Wildman–Crippen MR) is 128 cm³/mol. The van der Waals surface area contributed by atoms with Crippen molar-refractivity contribution in [2.24, 2.45) is 0 Å². The van der Waals surface area contributed by atoms with E-state index in [1.807, 2.05) is 65.5 Å². The number of aromatic nitrogens is 3. The SMILES string of the molecule is Nc1ccc(-c2ccccc2)cc1NC(=O)CCc1cn(CCCc2ccccc2)nn1. The molecule has 0 saturated heterocycles. The molecular formula is C26H27N5O. The van der Waals surface area contributed by atoms with E-state index < -0.39 is 0 Å². The molecular weight excluding hydrogens is 398 g/mol. The quantitative estimate of drug-likeness (QED) is 0.380. The first-order valence-electron chi connectivity index (χ1n) is 10.8. The van der Waals surface area contributed by atoms with Gasteiger partial charge in [0.1, 0.15) is 0 Å². The third-order valence-corrected chi connectivity index (χ3v) is 5.32. The Morgan fingerprint density at radius 2 is 1.66 bits per heavy atom. The molecule has 162 valence electrons. The number of nitrogens with zero attached hydrogens (tertiary/aromatic N) is 3. The minimum Gasteiger partial charge on any atom is -0.397 e. The van der Waals surface area contributed by atoms with Crippen molar-refractivity contribution in [2.45, 2.75) is 32.2 Å². The number of carbonyl (C=O) groups excluding carboxylic acids is 1. The monoisotopic (exact) mass is 425 g/mol. The van der Waals surface area contributed by atoms with Crippen LogP contribution in [0.5, 0.6) is 0 Å². The number of nitrogen functional groups attached to an aromatic ring is 1. The third kappa shape index (κ3) is 5.82. The first-order chi connectivity index (χ1) is 15.7. The Balaban J connectivity index is 1.27. The third-order valence-electron chi connectivity index (χ3n) is 5.32. The zero-order valence-corrected chi connectivity index (χ0v) is 17.9. The Bertz CT molecular complexity index is 1160. The second kappa shape index (κ2) is 10.4. The fourth-order valence-corrected chi connectivity index (χ4v) is 3.58. The summed E-state index contributed by atoms with van der Waals surface area (Å²) in [5.74, 6) is -0.0967. The second-order valence-electron chi connectivity index (χ2n) is 7.78. The molecule has 0 bridgehead atoms. The summed E-state index contributed by atoms with van der Waals surface area (Å²) in [4.78, 5) is 12.5. The summed E-state index contributed by atoms with van der Waals surface area (Å²) in [5.41, 5.74) is 11.5. The first-order valence-corrected chi connectivity index (χ1v) is 10.8. The van der Waals surface area contributed by atoms with Crippen LogP contribution in [0.2, 0.25) is 0 Å². The average molecular weight is 426 g/mol. The second-order valence-corrected chi connectivity index (χ2v) is 7.78. The highest BCUT2D eigenvalue weighted by atomic mass is 16.1. The predicted octanol–water partition coefficient (Wildman–Crippen LogP) is 4.73. The molecule has 0 spiro atoms. The zero-order chi connectivity index (χ0) is 22.2. The molecule has 4 rings (SSSR count). The fourth-order valence-electron chi connectivity index (χ4n) is 3.58. The molecule has 1 aromatic heterocycles. The fraction of sp³-hybridized carbons (Fsp3) is 0.192. The Labute approximate surface area is 188 Å². The maximum Gasteiger partial charge on any atom is 0.224 e. The highest BCUT2D eigenvalue weighted by molar-refractivity contribution is 5.95. The van der Waals surface area contributed by atoms with Crippen LogP contribution < -0.4 is 11.1 Å². The number of aryl methyl sites for hydroxylation is 3. The van der Waals surface area contributed by atoms with Gasteiger partial charge < -0.3 is 11.1 Å². The van der Waals surface area contributed by atoms with E-state index in [-0.39, 0.29) is 5.91 Å². The largest absolute Gasteiger partial charge is 0.397 e. The summed E-state index contributed by atoms with van der Waals surface area (Å²) in [5, 5.41) is 11.3. The van der Waals surface area contributed by atoms with Crippen molar-refractivity contribution in [1.29, 1.82) is 0 Å². The van der Waals surface area contributed by atoms with Gasteiger partial charge in [0.25, 0.3) is 0 Å². The number of nitrogens with two attached hydrogens (primary N) is 1. The maximum atomic E-state index is 12.5. The molecule has 1 heterocycles. The number of rotatable bonds is 9. The van der Waals surface area contributed by atoms with Gasteiger partial charge in [-0.25, -0.2) is 0 Å². The molecule has 0 saturated carbocycles. The number of hydrogen-bond acceptors (Lipinski definition) is 4. The van der Waals surface area contributed by atoms with E-state index in [0.717, 1.165) is 36.2 Å². The summed E-state index contributed by atoms with van der Waals surface area (Å²) >= 11 is 0. The lowest BCUT2D eigenvalue weighted by Gasteiger charge is -2.10. The molecule has 0 atom stereocenters. The van der Waals surface area contributed by atoms with E-state index in [9.17, 15) is 4.79 Å². The number of benzene rings is 3. The Hall–Kier alpha value is -3.93. The van der Waals surface area contributed by atoms with Crippen LogP contribution in [0.3, 0.4) is 0 Å². The van der Waals surface area contributed by atoms with Crippen LogP contribution >= 0.6 is 0 Å². The summed E-state index contributed by atoms with van der Waals surface area (Å²) in [7, 11) is 0. The van der Waals surface area contributed by atoms with Gasteiger partial charge in [-0.1, -0.05) is 71.9 Å². The Morgan fingerprint density at radius 1 is 0.906 bits per heavy atom. The van der Waals surface area contributed by atoms with Crippen molar-refractivity contribution in [3.63, 3.8) is 0 Å². The Kier molecular flexibility index (Phi) is 6.92. The molecule has 0 fully saturated rings. The highest BCUT2D eigenvalue weighted by Gasteiger charge is 2.09. The lowest BCUT2D eigenvalue weighted by molar-refractivity contribution is -0.116. The van der Waals surface area contributed by atoms with Gasteiger partial charge >= 0.3 is 0 Å². The molecule has 1 amide bonds. The average Bonchev–Trinajstić information content (AvgIpc) is 3.28. The van der Waals surface area contributed by atoms with E-state index in [2.05, 4.69) is 39.9 Å². The molecule has 6 heteroatoms. The summed E-state index contributed by atoms with van der Waals surface area (Å²) in [6.07, 6.45) is 4.76. The normalized spacial score (nSPS) is 10.8. The van der Waals surface area contributed by atoms with E-state index in [0.29, 0.717) is 24.2 Å². The summed E-state index contributed by atoms with van der Waals surface area (Å²) in [6, 6.07) is 26.1. The van der Waals surface area contributed by atoms with Crippen LogP contribution in [0.4, 0.5) is 11.4 Å². The van der Waals surface area contributed by atoms with Gasteiger partial charge in [0, 0.05) is 25.6 Å². The van der Waals surface area contributed by atoms with Crippen LogP contribution in [0.25, 0.3) is 11.1 Å². The molecule has 3 N–H and O–H groups in total. The maximum absolute atomic E-state index is 12.5. The topological polar surface area (TPSA) is 85.8 Å². The van der Waals surface area contributed by atoms with Gasteiger partial charge in [0.2, 0.25) is 5.91 Å². The van der Waals surface area contributed by atoms with Crippen molar-refractivity contribution < 1.29 is 4.79 Å². The van der Waals surface area contributed by atoms with Crippen LogP contribution in [-0.4, -0.2) is 20.9 Å². The van der Waals surface area contributed by atoms with Gasteiger partial charge in [0.05, 0.1) is 17.1 Å². The van der Waals surface area contributed by atoms with Gasteiger partial charge in [-0.15, -0.1) is 5.10 Å². The van der Waals surface area contributed by atoms with Crippen LogP contribution in [0.1, 0.15) is 24.1 Å². The first kappa shape index (κ1) is 21.3. The zero-order valence-electron chi connectivity index (χ0n) is 17.9. The van der Waals surface area contributed by atoms with Crippen molar-refractivity contribution >= 4 is 17.3 Å². The van der Waals surface area contributed by atoms with E-state index >= 15 is 0 Å². The standard InChI is InChI=1S/C26H27N5O/c27-24-15-13-22(21-11-5-2-6-12-21)18-25(24)28-26(32)16-14-23-19-31(30-29-23)17-7-10-20-8-3-1-4-9-20/h1-6,8-9,11-13,15,18-19H,7,10,14,16-17,27H2,(H,28,32). The van der Waals surface area contributed by atoms with Gasteiger partial charge in [-0.2, -0.15) is 0 Å². The van der Waals surface area contributed by atoms with Gasteiger partial charge in [-0.3, -0.25) is 9.48 Å². The Morgan fingerprint density at radius 3 is 2.44 bits per heavy atom. The number of amides is 1. The lowest BCUT2D eigenvalue weighted by atomic mass is 10.0. The van der Waals surface area contributed by atoms with Crippen molar-refractivity contribution in [3.8, 4) is 11.1 Å². The van der Waals surface area contributed by atoms with Crippen LogP contribution in [-0.2, 0) is 24.2 Å². The number of nitrogens with one attached hydrogen (secondary N) is 1. The molecule has 0 radical (unpaired) electrons. The van der Waals surface area contributed by atoms with Crippen LogP contribution in [0, 0.1) is 0 Å². The minimum absolute atomic E-state index is 0.0967. The highest BCUT2D eigenvalue weighted by Crippen LogP contribution is 2.27.